The first-order chi connectivity index (χ1) is 13.4. The fourth-order valence-electron chi connectivity index (χ4n) is 2.59. The molecule has 0 unspecified atom stereocenters. The molecule has 1 aromatic heterocycles. The maximum absolute atomic E-state index is 12.3. The summed E-state index contributed by atoms with van der Waals surface area (Å²) in [7, 11) is 0. The molecule has 10 nitrogen and oxygen atoms in total. The lowest BCUT2D eigenvalue weighted by molar-refractivity contribution is -0.383. The number of anilines is 1. The minimum Gasteiger partial charge on any atom is -0.449 e. The van der Waals surface area contributed by atoms with Crippen molar-refractivity contribution >= 4 is 34.3 Å². The Labute approximate surface area is 159 Å². The van der Waals surface area contributed by atoms with E-state index in [-0.39, 0.29) is 16.9 Å². The van der Waals surface area contributed by atoms with Gasteiger partial charge in [-0.2, -0.15) is 0 Å². The molecule has 3 aromatic rings. The lowest BCUT2D eigenvalue weighted by atomic mass is 10.2. The number of nitrogens with one attached hydrogen (secondary N) is 1. The number of para-hydroxylation sites is 2. The van der Waals surface area contributed by atoms with Crippen molar-refractivity contribution < 1.29 is 19.2 Å². The summed E-state index contributed by atoms with van der Waals surface area (Å²) in [5.74, 6) is -1.39. The van der Waals surface area contributed by atoms with Crippen LogP contribution in [0.25, 0.3) is 11.0 Å². The number of hydrogen-bond donors (Lipinski definition) is 1. The Morgan fingerprint density at radius 1 is 1.29 bits per heavy atom. The zero-order chi connectivity index (χ0) is 20.3. The first-order valence-corrected chi connectivity index (χ1v) is 8.49. The van der Waals surface area contributed by atoms with Gasteiger partial charge >= 0.3 is 5.97 Å². The second-order valence-corrected chi connectivity index (χ2v) is 5.92. The molecule has 1 amide bonds. The van der Waals surface area contributed by atoms with Crippen LogP contribution in [0.3, 0.4) is 0 Å². The van der Waals surface area contributed by atoms with E-state index in [0.717, 1.165) is 5.52 Å². The number of hydrogen-bond acceptors (Lipinski definition) is 7. The molecule has 0 fully saturated rings. The van der Waals surface area contributed by atoms with Gasteiger partial charge in [0, 0.05) is 12.6 Å². The third-order valence-corrected chi connectivity index (χ3v) is 4.06. The lowest BCUT2D eigenvalue weighted by Gasteiger charge is -2.13. The highest BCUT2D eigenvalue weighted by Gasteiger charge is 2.22. The zero-order valence-corrected chi connectivity index (χ0v) is 15.2. The topological polar surface area (TPSA) is 129 Å². The molecule has 1 heterocycles. The van der Waals surface area contributed by atoms with Gasteiger partial charge in [-0.3, -0.25) is 14.9 Å². The molecule has 0 aliphatic carbocycles. The highest BCUT2D eigenvalue weighted by molar-refractivity contribution is 5.99. The summed E-state index contributed by atoms with van der Waals surface area (Å²) < 4.78 is 6.86. The van der Waals surface area contributed by atoms with Crippen molar-refractivity contribution in [2.24, 2.45) is 0 Å². The summed E-state index contributed by atoms with van der Waals surface area (Å²) in [6.07, 6.45) is -1.16. The first kappa shape index (κ1) is 19.0. The molecule has 3 rings (SSSR count). The van der Waals surface area contributed by atoms with Crippen molar-refractivity contribution in [1.82, 2.24) is 15.0 Å². The van der Waals surface area contributed by atoms with Gasteiger partial charge in [-0.15, -0.1) is 5.10 Å². The minimum absolute atomic E-state index is 0.0259. The van der Waals surface area contributed by atoms with Gasteiger partial charge in [0.25, 0.3) is 11.6 Å². The van der Waals surface area contributed by atoms with E-state index in [1.165, 1.54) is 31.2 Å². The highest BCUT2D eigenvalue weighted by Crippen LogP contribution is 2.23. The Kier molecular flexibility index (Phi) is 5.30. The number of nitro groups is 1. The van der Waals surface area contributed by atoms with Crippen LogP contribution in [0.2, 0.25) is 0 Å². The molecular formula is C18H17N5O5. The summed E-state index contributed by atoms with van der Waals surface area (Å²) in [6.45, 7) is 3.95. The van der Waals surface area contributed by atoms with E-state index in [9.17, 15) is 19.7 Å². The Bertz CT molecular complexity index is 1060. The number of amides is 1. The number of fused-ring (bicyclic) bond motifs is 1. The van der Waals surface area contributed by atoms with Gasteiger partial charge in [0.15, 0.2) is 6.10 Å². The number of aromatic nitrogens is 3. The van der Waals surface area contributed by atoms with E-state index >= 15 is 0 Å². The molecule has 1 atom stereocenters. The first-order valence-electron chi connectivity index (χ1n) is 8.49. The molecule has 0 aliphatic heterocycles. The van der Waals surface area contributed by atoms with Gasteiger partial charge in [-0.25, -0.2) is 9.48 Å². The molecular weight excluding hydrogens is 366 g/mol. The van der Waals surface area contributed by atoms with Gasteiger partial charge in [0.1, 0.15) is 11.2 Å². The number of carbonyl (C=O) groups is 2. The smallest absolute Gasteiger partial charge is 0.338 e. The average Bonchev–Trinajstić information content (AvgIpc) is 3.10. The fraction of sp³-hybridized carbons (Fsp3) is 0.222. The Balaban J connectivity index is 1.70. The number of esters is 1. The van der Waals surface area contributed by atoms with Crippen LogP contribution in [0, 0.1) is 10.1 Å². The van der Waals surface area contributed by atoms with Crippen LogP contribution in [-0.2, 0) is 16.1 Å². The molecule has 28 heavy (non-hydrogen) atoms. The summed E-state index contributed by atoms with van der Waals surface area (Å²) >= 11 is 0. The van der Waals surface area contributed by atoms with Gasteiger partial charge in [-0.05, 0) is 38.1 Å². The van der Waals surface area contributed by atoms with Crippen LogP contribution < -0.4 is 5.32 Å². The summed E-state index contributed by atoms with van der Waals surface area (Å²) in [4.78, 5) is 35.0. The van der Waals surface area contributed by atoms with Crippen LogP contribution in [0.5, 0.6) is 0 Å². The molecule has 0 saturated carbocycles. The number of rotatable bonds is 6. The normalized spacial score (nSPS) is 11.8. The second-order valence-electron chi connectivity index (χ2n) is 5.92. The zero-order valence-electron chi connectivity index (χ0n) is 15.2. The van der Waals surface area contributed by atoms with Crippen molar-refractivity contribution in [1.29, 1.82) is 0 Å². The number of nitrogens with zero attached hydrogens (tertiary/aromatic N) is 4. The fourth-order valence-corrected chi connectivity index (χ4v) is 2.59. The molecule has 0 bridgehead atoms. The van der Waals surface area contributed by atoms with Crippen LogP contribution in [0.1, 0.15) is 24.2 Å². The van der Waals surface area contributed by atoms with Gasteiger partial charge < -0.3 is 10.1 Å². The van der Waals surface area contributed by atoms with Crippen LogP contribution in [0.4, 0.5) is 11.4 Å². The third-order valence-electron chi connectivity index (χ3n) is 4.06. The third kappa shape index (κ3) is 3.80. The molecule has 10 heteroatoms. The molecule has 2 aromatic carbocycles. The minimum atomic E-state index is -1.16. The average molecular weight is 383 g/mol. The van der Waals surface area contributed by atoms with Crippen molar-refractivity contribution in [3.05, 3.63) is 58.1 Å². The molecule has 0 aliphatic rings. The Hall–Kier alpha value is -3.82. The Morgan fingerprint density at radius 3 is 2.75 bits per heavy atom. The van der Waals surface area contributed by atoms with Crippen molar-refractivity contribution in [3.8, 4) is 0 Å². The molecule has 1 N–H and O–H groups in total. The van der Waals surface area contributed by atoms with Crippen molar-refractivity contribution in [2.45, 2.75) is 26.5 Å². The van der Waals surface area contributed by atoms with Crippen molar-refractivity contribution in [2.75, 3.05) is 5.32 Å². The molecule has 0 saturated heterocycles. The van der Waals surface area contributed by atoms with E-state index < -0.39 is 22.9 Å². The predicted molar refractivity (Wildman–Crippen MR) is 99.8 cm³/mol. The predicted octanol–water partition coefficient (Wildman–Crippen LogP) is 2.54. The largest absolute Gasteiger partial charge is 0.449 e. The summed E-state index contributed by atoms with van der Waals surface area (Å²) in [5, 5.41) is 21.4. The van der Waals surface area contributed by atoms with Crippen LogP contribution >= 0.6 is 0 Å². The Morgan fingerprint density at radius 2 is 2.04 bits per heavy atom. The molecule has 0 spiro atoms. The van der Waals surface area contributed by atoms with E-state index in [1.54, 1.807) is 22.9 Å². The summed E-state index contributed by atoms with van der Waals surface area (Å²) in [6, 6.07) is 10.5. The van der Waals surface area contributed by atoms with E-state index in [1.807, 2.05) is 6.92 Å². The molecule has 144 valence electrons. The number of benzene rings is 2. The number of aryl methyl sites for hydroxylation is 1. The second kappa shape index (κ2) is 7.82. The molecule has 0 radical (unpaired) electrons. The number of ether oxygens (including phenoxy) is 1. The van der Waals surface area contributed by atoms with Crippen molar-refractivity contribution in [3.63, 3.8) is 0 Å². The maximum atomic E-state index is 12.3. The lowest BCUT2D eigenvalue weighted by Crippen LogP contribution is -2.30. The van der Waals surface area contributed by atoms with Gasteiger partial charge in [0.05, 0.1) is 16.0 Å². The van der Waals surface area contributed by atoms with Crippen LogP contribution in [-0.4, -0.2) is 37.9 Å². The number of carbonyl (C=O) groups excluding carboxylic acids is 2. The quantitative estimate of drug-likeness (QED) is 0.393. The highest BCUT2D eigenvalue weighted by atomic mass is 16.6. The van der Waals surface area contributed by atoms with Gasteiger partial charge in [0.2, 0.25) is 0 Å². The maximum Gasteiger partial charge on any atom is 0.338 e. The standard InChI is InChI=1S/C18H17N5O5/c1-3-22-15-9-8-12(10-14(15)20-21-22)18(25)28-11(2)17(24)19-13-6-4-5-7-16(13)23(26)27/h4-11H,3H2,1-2H3,(H,19,24)/t11-/m1/s1. The van der Waals surface area contributed by atoms with Crippen LogP contribution in [0.15, 0.2) is 42.5 Å². The number of nitro benzene ring substituents is 1. The van der Waals surface area contributed by atoms with E-state index in [4.69, 9.17) is 4.74 Å². The summed E-state index contributed by atoms with van der Waals surface area (Å²) in [5.41, 5.74) is 1.31. The van der Waals surface area contributed by atoms with E-state index in [2.05, 4.69) is 15.6 Å². The van der Waals surface area contributed by atoms with E-state index in [0.29, 0.717) is 12.1 Å². The van der Waals surface area contributed by atoms with Gasteiger partial charge in [-0.1, -0.05) is 17.3 Å². The SMILES string of the molecule is CCn1nnc2cc(C(=O)O[C@H](C)C(=O)Nc3ccccc3[N+](=O)[O-])ccc21. The monoisotopic (exact) mass is 383 g/mol.